The van der Waals surface area contributed by atoms with Crippen LogP contribution in [0.1, 0.15) is 27.7 Å². The monoisotopic (exact) mass is 201 g/mol. The molecule has 0 aromatic carbocycles. The highest BCUT2D eigenvalue weighted by molar-refractivity contribution is 5.85. The van der Waals surface area contributed by atoms with Gasteiger partial charge in [-0.05, 0) is 27.7 Å². The minimum absolute atomic E-state index is 0. The highest BCUT2D eigenvalue weighted by Crippen LogP contribution is 2.08. The first-order valence-corrected chi connectivity index (χ1v) is 3.79. The van der Waals surface area contributed by atoms with Crippen LogP contribution < -0.4 is 5.32 Å². The van der Waals surface area contributed by atoms with Gasteiger partial charge in [0.1, 0.15) is 11.3 Å². The van der Waals surface area contributed by atoms with Crippen molar-refractivity contribution in [2.45, 2.75) is 39.0 Å². The number of nitrogens with one attached hydrogen (secondary N) is 1. The predicted octanol–water partition coefficient (Wildman–Crippen LogP) is 2.49. The lowest BCUT2D eigenvalue weighted by Crippen LogP contribution is -2.38. The van der Waals surface area contributed by atoms with Crippen LogP contribution in [0.15, 0.2) is 0 Å². The molecule has 12 heavy (non-hydrogen) atoms. The maximum Gasteiger partial charge on any atom is 0.117 e. The largest absolute Gasteiger partial charge is 0.310 e. The van der Waals surface area contributed by atoms with E-state index in [1.54, 1.807) is 0 Å². The van der Waals surface area contributed by atoms with Gasteiger partial charge in [0.25, 0.3) is 0 Å². The van der Waals surface area contributed by atoms with E-state index in [1.807, 2.05) is 0 Å². The van der Waals surface area contributed by atoms with E-state index in [-0.39, 0.29) is 25.5 Å². The van der Waals surface area contributed by atoms with E-state index in [0.29, 0.717) is 0 Å². The second-order valence-electron chi connectivity index (χ2n) is 4.04. The minimum Gasteiger partial charge on any atom is -0.310 e. The van der Waals surface area contributed by atoms with E-state index in [1.165, 1.54) is 27.7 Å². The summed E-state index contributed by atoms with van der Waals surface area (Å²) < 4.78 is 25.6. The molecule has 0 aromatic heterocycles. The Balaban J connectivity index is 0. The van der Waals surface area contributed by atoms with Crippen LogP contribution in [0.4, 0.5) is 8.78 Å². The first-order chi connectivity index (χ1) is 4.71. The molecule has 0 aliphatic carbocycles. The average molecular weight is 202 g/mol. The predicted molar refractivity (Wildman–Crippen MR) is 50.5 cm³/mol. The zero-order valence-corrected chi connectivity index (χ0v) is 8.89. The normalized spacial score (nSPS) is 12.5. The minimum atomic E-state index is -1.26. The van der Waals surface area contributed by atoms with Crippen molar-refractivity contribution in [3.63, 3.8) is 0 Å². The molecule has 0 rings (SSSR count). The zero-order chi connectivity index (χ0) is 9.12. The Bertz CT molecular complexity index is 101. The Labute approximate surface area is 79.3 Å². The third kappa shape index (κ3) is 12.8. The lowest BCUT2D eigenvalue weighted by Gasteiger charge is -2.19. The fraction of sp³-hybridized carbons (Fsp3) is 1.00. The number of halogens is 3. The van der Waals surface area contributed by atoms with Gasteiger partial charge in [-0.25, -0.2) is 8.78 Å². The number of hydrogen-bond donors (Lipinski definition) is 1. The lowest BCUT2D eigenvalue weighted by molar-refractivity contribution is 0.174. The first kappa shape index (κ1) is 14.6. The topological polar surface area (TPSA) is 12.0 Å². The van der Waals surface area contributed by atoms with Crippen molar-refractivity contribution in [2.24, 2.45) is 0 Å². The van der Waals surface area contributed by atoms with Gasteiger partial charge in [-0.3, -0.25) is 0 Å². The maximum atomic E-state index is 12.8. The van der Waals surface area contributed by atoms with Gasteiger partial charge in [0, 0.05) is 13.1 Å². The molecule has 1 nitrogen and oxygen atoms in total. The highest BCUT2D eigenvalue weighted by Gasteiger charge is 2.19. The van der Waals surface area contributed by atoms with Crippen LogP contribution in [-0.2, 0) is 0 Å². The number of rotatable bonds is 4. The van der Waals surface area contributed by atoms with Crippen molar-refractivity contribution < 1.29 is 8.78 Å². The molecule has 0 radical (unpaired) electrons. The average Bonchev–Trinajstić information content (AvgIpc) is 1.55. The van der Waals surface area contributed by atoms with Gasteiger partial charge in [0.2, 0.25) is 0 Å². The molecule has 0 aliphatic heterocycles. The van der Waals surface area contributed by atoms with Gasteiger partial charge >= 0.3 is 0 Å². The Morgan fingerprint density at radius 3 is 1.33 bits per heavy atom. The highest BCUT2D eigenvalue weighted by atomic mass is 35.5. The number of alkyl halides is 2. The van der Waals surface area contributed by atoms with Crippen LogP contribution in [-0.4, -0.2) is 24.4 Å². The Kier molecular flexibility index (Phi) is 6.06. The van der Waals surface area contributed by atoms with Crippen molar-refractivity contribution in [1.82, 2.24) is 5.32 Å². The smallest absolute Gasteiger partial charge is 0.117 e. The number of hydrogen-bond acceptors (Lipinski definition) is 1. The van der Waals surface area contributed by atoms with Gasteiger partial charge in [0.05, 0.1) is 0 Å². The van der Waals surface area contributed by atoms with Crippen LogP contribution in [0.25, 0.3) is 0 Å². The first-order valence-electron chi connectivity index (χ1n) is 3.79. The summed E-state index contributed by atoms with van der Waals surface area (Å²) in [6, 6.07) is 0. The molecule has 0 atom stereocenters. The third-order valence-electron chi connectivity index (χ3n) is 1.09. The van der Waals surface area contributed by atoms with E-state index < -0.39 is 11.3 Å². The maximum absolute atomic E-state index is 12.8. The van der Waals surface area contributed by atoms with Crippen LogP contribution >= 0.6 is 12.4 Å². The molecular formula is C8H18ClF2N. The van der Waals surface area contributed by atoms with Crippen molar-refractivity contribution in [2.75, 3.05) is 13.1 Å². The second-order valence-corrected chi connectivity index (χ2v) is 4.04. The Hall–Kier alpha value is 0.110. The van der Waals surface area contributed by atoms with Gasteiger partial charge in [-0.15, -0.1) is 12.4 Å². The summed E-state index contributed by atoms with van der Waals surface area (Å²) >= 11 is 0. The van der Waals surface area contributed by atoms with Crippen molar-refractivity contribution in [1.29, 1.82) is 0 Å². The van der Waals surface area contributed by atoms with Crippen LogP contribution in [0.3, 0.4) is 0 Å². The van der Waals surface area contributed by atoms with Crippen molar-refractivity contribution >= 4 is 12.4 Å². The SMILES string of the molecule is CC(C)(F)CNCC(C)(C)F.Cl. The summed E-state index contributed by atoms with van der Waals surface area (Å²) in [6.07, 6.45) is 0. The molecule has 0 saturated carbocycles. The summed E-state index contributed by atoms with van der Waals surface area (Å²) in [5, 5.41) is 2.72. The van der Waals surface area contributed by atoms with Crippen LogP contribution in [0.5, 0.6) is 0 Å². The van der Waals surface area contributed by atoms with Gasteiger partial charge < -0.3 is 5.32 Å². The van der Waals surface area contributed by atoms with Crippen molar-refractivity contribution in [3.8, 4) is 0 Å². The molecule has 0 aliphatic rings. The summed E-state index contributed by atoms with van der Waals surface area (Å²) in [5.41, 5.74) is -2.52. The zero-order valence-electron chi connectivity index (χ0n) is 8.08. The van der Waals surface area contributed by atoms with Crippen molar-refractivity contribution in [3.05, 3.63) is 0 Å². The molecule has 0 aromatic rings. The van der Waals surface area contributed by atoms with E-state index in [2.05, 4.69) is 5.32 Å². The standard InChI is InChI=1S/C8H17F2N.ClH/c1-7(2,9)5-11-6-8(3,4)10;/h11H,5-6H2,1-4H3;1H. The van der Waals surface area contributed by atoms with Gasteiger partial charge in [-0.2, -0.15) is 0 Å². The van der Waals surface area contributed by atoms with Crippen LogP contribution in [0, 0.1) is 0 Å². The molecule has 4 heteroatoms. The van der Waals surface area contributed by atoms with Crippen LogP contribution in [0.2, 0.25) is 0 Å². The molecular weight excluding hydrogens is 184 g/mol. The van der Waals surface area contributed by atoms with Gasteiger partial charge in [0.15, 0.2) is 0 Å². The third-order valence-corrected chi connectivity index (χ3v) is 1.09. The molecule has 0 bridgehead atoms. The Morgan fingerprint density at radius 1 is 0.917 bits per heavy atom. The van der Waals surface area contributed by atoms with E-state index >= 15 is 0 Å². The Morgan fingerprint density at radius 2 is 1.17 bits per heavy atom. The fourth-order valence-electron chi connectivity index (χ4n) is 0.657. The molecule has 0 unspecified atom stereocenters. The fourth-order valence-corrected chi connectivity index (χ4v) is 0.657. The lowest BCUT2D eigenvalue weighted by atomic mass is 10.1. The van der Waals surface area contributed by atoms with E-state index in [4.69, 9.17) is 0 Å². The van der Waals surface area contributed by atoms with Gasteiger partial charge in [-0.1, -0.05) is 0 Å². The second kappa shape index (κ2) is 4.97. The summed E-state index contributed by atoms with van der Waals surface area (Å²) in [6.45, 7) is 6.24. The summed E-state index contributed by atoms with van der Waals surface area (Å²) in [5.74, 6) is 0. The molecule has 0 heterocycles. The molecule has 0 amide bonds. The summed E-state index contributed by atoms with van der Waals surface area (Å²) in [7, 11) is 0. The summed E-state index contributed by atoms with van der Waals surface area (Å²) in [4.78, 5) is 0. The molecule has 0 saturated heterocycles. The quantitative estimate of drug-likeness (QED) is 0.737. The van der Waals surface area contributed by atoms with E-state index in [0.717, 1.165) is 0 Å². The molecule has 0 spiro atoms. The molecule has 0 fully saturated rings. The van der Waals surface area contributed by atoms with E-state index in [9.17, 15) is 8.78 Å². The molecule has 1 N–H and O–H groups in total. The molecule has 76 valence electrons.